The summed E-state index contributed by atoms with van der Waals surface area (Å²) in [6, 6.07) is 3.98. The number of aliphatic hydroxyl groups is 1. The Hall–Kier alpha value is -1.66. The van der Waals surface area contributed by atoms with Crippen LogP contribution in [0.5, 0.6) is 5.75 Å². The van der Waals surface area contributed by atoms with Gasteiger partial charge in [-0.25, -0.2) is 0 Å². The number of aryl methyl sites for hydroxylation is 1. The fraction of sp³-hybridized carbons (Fsp3) is 0.571. The molecule has 1 aromatic heterocycles. The Kier molecular flexibility index (Phi) is 9.32. The highest BCUT2D eigenvalue weighted by atomic mass is 16.4. The summed E-state index contributed by atoms with van der Waals surface area (Å²) in [6.45, 7) is 5.88. The number of aliphatic carboxylic acids is 1. The van der Waals surface area contributed by atoms with Gasteiger partial charge in [0.15, 0.2) is 0 Å². The van der Waals surface area contributed by atoms with Crippen molar-refractivity contribution in [2.45, 2.75) is 45.8 Å². The van der Waals surface area contributed by atoms with Gasteiger partial charge in [0.2, 0.25) is 0 Å². The molecule has 6 nitrogen and oxygen atoms in total. The van der Waals surface area contributed by atoms with Gasteiger partial charge in [-0.2, -0.15) is 0 Å². The number of β-amino-alcohol motifs (C(OH)–C–C–N with tert-alkyl or cyclic N) is 1. The molecule has 20 heavy (non-hydrogen) atoms. The van der Waals surface area contributed by atoms with Crippen LogP contribution in [0.1, 0.15) is 32.4 Å². The van der Waals surface area contributed by atoms with Crippen LogP contribution in [0.3, 0.4) is 0 Å². The monoisotopic (exact) mass is 284 g/mol. The number of carbonyl (C=O) groups is 1. The molecule has 114 valence electrons. The van der Waals surface area contributed by atoms with Crippen LogP contribution in [0.15, 0.2) is 18.3 Å². The van der Waals surface area contributed by atoms with Crippen LogP contribution in [0.25, 0.3) is 0 Å². The van der Waals surface area contributed by atoms with Crippen LogP contribution in [0, 0.1) is 6.92 Å². The molecule has 2 unspecified atom stereocenters. The zero-order valence-corrected chi connectivity index (χ0v) is 12.2. The van der Waals surface area contributed by atoms with Crippen molar-refractivity contribution in [2.75, 3.05) is 6.54 Å². The van der Waals surface area contributed by atoms with E-state index in [4.69, 9.17) is 20.1 Å². The summed E-state index contributed by atoms with van der Waals surface area (Å²) in [6.07, 6.45) is 3.41. The van der Waals surface area contributed by atoms with Crippen LogP contribution in [0.4, 0.5) is 0 Å². The third-order valence-electron chi connectivity index (χ3n) is 2.53. The second-order valence-corrected chi connectivity index (χ2v) is 4.72. The first-order chi connectivity index (χ1) is 9.31. The summed E-state index contributed by atoms with van der Waals surface area (Å²) in [5.41, 5.74) is 0.919. The summed E-state index contributed by atoms with van der Waals surface area (Å²) in [5, 5.41) is 28.3. The number of piperidine rings is 1. The predicted octanol–water partition coefficient (Wildman–Crippen LogP) is 1.31. The number of aromatic nitrogens is 1. The van der Waals surface area contributed by atoms with Gasteiger partial charge in [0.05, 0.1) is 12.3 Å². The normalized spacial score (nSPS) is 20.8. The van der Waals surface area contributed by atoms with E-state index >= 15 is 0 Å². The molecule has 1 fully saturated rings. The predicted molar refractivity (Wildman–Crippen MR) is 76.7 cm³/mol. The summed E-state index contributed by atoms with van der Waals surface area (Å²) in [5.74, 6) is -0.615. The quantitative estimate of drug-likeness (QED) is 0.573. The van der Waals surface area contributed by atoms with Gasteiger partial charge >= 0.3 is 0 Å². The number of aliphatic hydroxyl groups excluding tert-OH is 1. The lowest BCUT2D eigenvalue weighted by Gasteiger charge is -2.23. The number of rotatable bonds is 0. The fourth-order valence-corrected chi connectivity index (χ4v) is 1.44. The van der Waals surface area contributed by atoms with Crippen molar-refractivity contribution < 1.29 is 20.1 Å². The smallest absolute Gasteiger partial charge is 0.300 e. The standard InChI is InChI=1S/C6H13NO.C6H7NO.C2H4O2/c2*1-5-2-3-6(8)4-7-5;1-2(3)4/h5-8H,2-4H2,1H3;2-4,8H,1H3;1H3,(H,3,4). The first-order valence-corrected chi connectivity index (χ1v) is 6.54. The van der Waals surface area contributed by atoms with E-state index in [1.54, 1.807) is 12.1 Å². The van der Waals surface area contributed by atoms with E-state index in [9.17, 15) is 0 Å². The molecule has 1 aromatic rings. The van der Waals surface area contributed by atoms with Gasteiger partial charge in [0.25, 0.3) is 5.97 Å². The van der Waals surface area contributed by atoms with Crippen molar-refractivity contribution in [3.8, 4) is 5.75 Å². The molecule has 2 heterocycles. The van der Waals surface area contributed by atoms with E-state index in [0.717, 1.165) is 32.0 Å². The van der Waals surface area contributed by atoms with Crippen molar-refractivity contribution in [2.24, 2.45) is 0 Å². The Balaban J connectivity index is 0.000000289. The largest absolute Gasteiger partial charge is 0.506 e. The fourth-order valence-electron chi connectivity index (χ4n) is 1.44. The molecule has 1 saturated heterocycles. The first kappa shape index (κ1) is 18.3. The van der Waals surface area contributed by atoms with E-state index in [0.29, 0.717) is 6.04 Å². The van der Waals surface area contributed by atoms with Gasteiger partial charge in [0.1, 0.15) is 5.75 Å². The van der Waals surface area contributed by atoms with E-state index in [2.05, 4.69) is 17.2 Å². The maximum absolute atomic E-state index is 9.00. The highest BCUT2D eigenvalue weighted by molar-refractivity contribution is 5.62. The average molecular weight is 284 g/mol. The Morgan fingerprint density at radius 1 is 1.40 bits per heavy atom. The van der Waals surface area contributed by atoms with Crippen LogP contribution in [0.2, 0.25) is 0 Å². The number of carboxylic acids is 1. The lowest BCUT2D eigenvalue weighted by atomic mass is 10.0. The summed E-state index contributed by atoms with van der Waals surface area (Å²) >= 11 is 0. The third-order valence-corrected chi connectivity index (χ3v) is 2.53. The number of pyridine rings is 1. The minimum Gasteiger partial charge on any atom is -0.506 e. The summed E-state index contributed by atoms with van der Waals surface area (Å²) in [4.78, 5) is 12.8. The summed E-state index contributed by atoms with van der Waals surface area (Å²) < 4.78 is 0. The molecule has 2 rings (SSSR count). The Labute approximate surface area is 119 Å². The third kappa shape index (κ3) is 11.4. The molecule has 2 atom stereocenters. The molecule has 0 bridgehead atoms. The second kappa shape index (κ2) is 10.2. The van der Waals surface area contributed by atoms with Crippen molar-refractivity contribution in [3.63, 3.8) is 0 Å². The topological polar surface area (TPSA) is 103 Å². The number of carboxylic acid groups (broad SMARTS) is 1. The van der Waals surface area contributed by atoms with Gasteiger partial charge < -0.3 is 20.6 Å². The number of hydrogen-bond donors (Lipinski definition) is 4. The first-order valence-electron chi connectivity index (χ1n) is 6.54. The molecule has 0 aromatic carbocycles. The molecule has 1 aliphatic rings. The van der Waals surface area contributed by atoms with Crippen LogP contribution >= 0.6 is 0 Å². The summed E-state index contributed by atoms with van der Waals surface area (Å²) in [7, 11) is 0. The van der Waals surface area contributed by atoms with Gasteiger partial charge in [-0.3, -0.25) is 9.78 Å². The Morgan fingerprint density at radius 2 is 2.00 bits per heavy atom. The number of hydrogen-bond acceptors (Lipinski definition) is 5. The van der Waals surface area contributed by atoms with Gasteiger partial charge in [-0.05, 0) is 38.8 Å². The van der Waals surface area contributed by atoms with E-state index in [1.165, 1.54) is 6.20 Å². The van der Waals surface area contributed by atoms with Crippen LogP contribution < -0.4 is 5.32 Å². The minimum absolute atomic E-state index is 0.0915. The molecular weight excluding hydrogens is 260 g/mol. The Morgan fingerprint density at radius 3 is 2.30 bits per heavy atom. The lowest BCUT2D eigenvalue weighted by Crippen LogP contribution is -2.39. The molecule has 0 radical (unpaired) electrons. The number of nitrogens with zero attached hydrogens (tertiary/aromatic N) is 1. The number of aromatic hydroxyl groups is 1. The van der Waals surface area contributed by atoms with Crippen molar-refractivity contribution in [3.05, 3.63) is 24.0 Å². The minimum atomic E-state index is -0.833. The van der Waals surface area contributed by atoms with Gasteiger partial charge in [0, 0.05) is 25.2 Å². The second-order valence-electron chi connectivity index (χ2n) is 4.72. The lowest BCUT2D eigenvalue weighted by molar-refractivity contribution is -0.134. The van der Waals surface area contributed by atoms with Gasteiger partial charge in [-0.1, -0.05) is 0 Å². The molecule has 0 saturated carbocycles. The van der Waals surface area contributed by atoms with Crippen LogP contribution in [-0.4, -0.2) is 45.0 Å². The highest BCUT2D eigenvalue weighted by Gasteiger charge is 2.13. The highest BCUT2D eigenvalue weighted by Crippen LogP contribution is 2.06. The number of nitrogens with one attached hydrogen (secondary N) is 1. The molecule has 0 amide bonds. The van der Waals surface area contributed by atoms with Crippen molar-refractivity contribution in [1.29, 1.82) is 0 Å². The van der Waals surface area contributed by atoms with E-state index < -0.39 is 5.97 Å². The molecule has 1 aliphatic heterocycles. The molecule has 0 aliphatic carbocycles. The van der Waals surface area contributed by atoms with Crippen molar-refractivity contribution >= 4 is 5.97 Å². The molecule has 4 N–H and O–H groups in total. The van der Waals surface area contributed by atoms with Gasteiger partial charge in [-0.15, -0.1) is 0 Å². The maximum atomic E-state index is 9.00. The molecular formula is C14H24N2O4. The van der Waals surface area contributed by atoms with Crippen molar-refractivity contribution in [1.82, 2.24) is 10.3 Å². The van der Waals surface area contributed by atoms with Crippen LogP contribution in [-0.2, 0) is 4.79 Å². The molecule has 0 spiro atoms. The SMILES string of the molecule is CC(=O)O.CC1CCC(O)CN1.Cc1ccc(O)cn1. The molecule has 6 heteroatoms. The zero-order valence-electron chi connectivity index (χ0n) is 12.2. The zero-order chi connectivity index (χ0) is 15.5. The Bertz CT molecular complexity index is 338. The van der Waals surface area contributed by atoms with E-state index in [-0.39, 0.29) is 11.9 Å². The van der Waals surface area contributed by atoms with E-state index in [1.807, 2.05) is 6.92 Å². The maximum Gasteiger partial charge on any atom is 0.300 e. The average Bonchev–Trinajstić information content (AvgIpc) is 2.37.